The zero-order valence-corrected chi connectivity index (χ0v) is 42.3. The number of pyridine rings is 4. The van der Waals surface area contributed by atoms with Crippen LogP contribution in [-0.2, 0) is 54.3 Å². The molecule has 1 fully saturated rings. The van der Waals surface area contributed by atoms with E-state index < -0.39 is 0 Å². The largest absolute Gasteiger partial charge is 0.465 e. The molecule has 0 spiro atoms. The number of aromatic nitrogens is 4. The van der Waals surface area contributed by atoms with Gasteiger partial charge in [-0.15, -0.1) is 0 Å². The SMILES string of the molecule is CCOC(=O)CN1CCN(CCC(=O)NCCN(CCc2ccccn2)CCc2ccccn2)CCN(CC(=O)OCC)CCN(CC(=O)NCCN(CCc2ccccn2)CCc2ccccn2)CC1. The Morgan fingerprint density at radius 1 is 0.465 bits per heavy atom. The third-order valence-electron chi connectivity index (χ3n) is 12.4. The predicted molar refractivity (Wildman–Crippen MR) is 274 cm³/mol. The second kappa shape index (κ2) is 33.8. The van der Waals surface area contributed by atoms with Crippen molar-refractivity contribution >= 4 is 23.8 Å². The van der Waals surface area contributed by atoms with Crippen LogP contribution in [0.25, 0.3) is 0 Å². The van der Waals surface area contributed by atoms with Crippen LogP contribution in [-0.4, -0.2) is 217 Å². The summed E-state index contributed by atoms with van der Waals surface area (Å²) in [6.07, 6.45) is 10.8. The molecule has 2 amide bonds. The van der Waals surface area contributed by atoms with E-state index in [4.69, 9.17) is 9.47 Å². The van der Waals surface area contributed by atoms with Crippen molar-refractivity contribution in [1.82, 2.24) is 60.0 Å². The lowest BCUT2D eigenvalue weighted by atomic mass is 10.2. The number of nitrogens with zero attached hydrogens (tertiary/aromatic N) is 10. The first-order valence-electron chi connectivity index (χ1n) is 25.5. The van der Waals surface area contributed by atoms with Gasteiger partial charge in [0.25, 0.3) is 0 Å². The van der Waals surface area contributed by atoms with E-state index in [2.05, 4.69) is 60.0 Å². The third kappa shape index (κ3) is 24.3. The van der Waals surface area contributed by atoms with E-state index in [-0.39, 0.29) is 56.6 Å². The van der Waals surface area contributed by atoms with Crippen LogP contribution in [0.2, 0.25) is 0 Å². The van der Waals surface area contributed by atoms with Crippen LogP contribution < -0.4 is 10.6 Å². The molecule has 2 N–H and O–H groups in total. The highest BCUT2D eigenvalue weighted by atomic mass is 16.5. The molecule has 0 aliphatic carbocycles. The van der Waals surface area contributed by atoms with Crippen molar-refractivity contribution in [3.8, 4) is 0 Å². The Hall–Kier alpha value is -5.76. The van der Waals surface area contributed by atoms with Crippen LogP contribution in [0.15, 0.2) is 97.6 Å². The normalized spacial score (nSPS) is 14.6. The molecule has 0 radical (unpaired) electrons. The van der Waals surface area contributed by atoms with Gasteiger partial charge in [0.1, 0.15) is 0 Å². The lowest BCUT2D eigenvalue weighted by Gasteiger charge is -2.33. The van der Waals surface area contributed by atoms with Crippen LogP contribution >= 0.6 is 0 Å². The Morgan fingerprint density at radius 3 is 1.14 bits per heavy atom. The summed E-state index contributed by atoms with van der Waals surface area (Å²) in [4.78, 5) is 83.9. The van der Waals surface area contributed by atoms with Crippen molar-refractivity contribution in [3.05, 3.63) is 120 Å². The Balaban J connectivity index is 1.16. The van der Waals surface area contributed by atoms with Crippen molar-refractivity contribution in [2.75, 3.05) is 144 Å². The van der Waals surface area contributed by atoms with Gasteiger partial charge >= 0.3 is 11.9 Å². The Bertz CT molecular complexity index is 1960. The van der Waals surface area contributed by atoms with Crippen molar-refractivity contribution in [2.45, 2.75) is 46.0 Å². The highest BCUT2D eigenvalue weighted by Crippen LogP contribution is 2.06. The van der Waals surface area contributed by atoms with E-state index in [1.807, 2.05) is 97.6 Å². The number of rotatable bonds is 29. The zero-order valence-electron chi connectivity index (χ0n) is 42.3. The average molecular weight is 979 g/mol. The van der Waals surface area contributed by atoms with E-state index in [0.29, 0.717) is 91.5 Å². The number of carbonyl (C=O) groups excluding carboxylic acids is 4. The van der Waals surface area contributed by atoms with Crippen LogP contribution in [0.5, 0.6) is 0 Å². The molecule has 5 rings (SSSR count). The van der Waals surface area contributed by atoms with Gasteiger partial charge in [0.2, 0.25) is 11.8 Å². The molecule has 4 aromatic rings. The Kier molecular flexibility index (Phi) is 26.7. The number of ether oxygens (including phenoxy) is 2. The molecule has 1 saturated heterocycles. The van der Waals surface area contributed by atoms with Crippen LogP contribution in [0.3, 0.4) is 0 Å². The van der Waals surface area contributed by atoms with E-state index in [1.165, 1.54) is 0 Å². The molecule has 5 heterocycles. The van der Waals surface area contributed by atoms with Gasteiger partial charge in [-0.25, -0.2) is 0 Å². The van der Waals surface area contributed by atoms with Crippen molar-refractivity contribution in [1.29, 1.82) is 0 Å². The van der Waals surface area contributed by atoms with Gasteiger partial charge in [-0.2, -0.15) is 0 Å². The second-order valence-corrected chi connectivity index (χ2v) is 17.7. The molecule has 0 bridgehead atoms. The number of hydrogen-bond acceptors (Lipinski definition) is 16. The van der Waals surface area contributed by atoms with E-state index >= 15 is 0 Å². The van der Waals surface area contributed by atoms with Gasteiger partial charge in [0.05, 0.1) is 32.8 Å². The van der Waals surface area contributed by atoms with Crippen molar-refractivity contribution in [2.24, 2.45) is 0 Å². The summed E-state index contributed by atoms with van der Waals surface area (Å²) in [6, 6.07) is 23.8. The van der Waals surface area contributed by atoms with E-state index in [1.54, 1.807) is 13.8 Å². The molecule has 18 heteroatoms. The molecule has 1 aliphatic heterocycles. The fraction of sp³-hybridized carbons (Fsp3) is 0.547. The Morgan fingerprint density at radius 2 is 0.803 bits per heavy atom. The smallest absolute Gasteiger partial charge is 0.320 e. The summed E-state index contributed by atoms with van der Waals surface area (Å²) in [6.45, 7) is 15.0. The van der Waals surface area contributed by atoms with Crippen LogP contribution in [0.4, 0.5) is 0 Å². The quantitative estimate of drug-likeness (QED) is 0.0755. The van der Waals surface area contributed by atoms with E-state index in [9.17, 15) is 19.2 Å². The van der Waals surface area contributed by atoms with Crippen molar-refractivity contribution in [3.63, 3.8) is 0 Å². The monoisotopic (exact) mass is 979 g/mol. The van der Waals surface area contributed by atoms with Crippen LogP contribution in [0, 0.1) is 0 Å². The number of esters is 2. The molecule has 0 atom stereocenters. The molecule has 4 aromatic heterocycles. The average Bonchev–Trinajstić information content (AvgIpc) is 3.38. The maximum atomic E-state index is 13.6. The number of hydrogen-bond donors (Lipinski definition) is 2. The zero-order chi connectivity index (χ0) is 50.1. The molecule has 0 unspecified atom stereocenters. The predicted octanol–water partition coefficient (Wildman–Crippen LogP) is 2.11. The molecule has 1 aliphatic rings. The molecule has 386 valence electrons. The first kappa shape index (κ1) is 56.2. The fourth-order valence-corrected chi connectivity index (χ4v) is 8.31. The van der Waals surface area contributed by atoms with Gasteiger partial charge in [0.15, 0.2) is 0 Å². The van der Waals surface area contributed by atoms with Crippen LogP contribution in [0.1, 0.15) is 43.0 Å². The number of nitrogens with one attached hydrogen (secondary N) is 2. The highest BCUT2D eigenvalue weighted by Gasteiger charge is 2.22. The number of carbonyl (C=O) groups is 4. The lowest BCUT2D eigenvalue weighted by molar-refractivity contribution is -0.145. The minimum Gasteiger partial charge on any atom is -0.465 e. The minimum absolute atomic E-state index is 0.0344. The third-order valence-corrected chi connectivity index (χ3v) is 12.4. The lowest BCUT2D eigenvalue weighted by Crippen LogP contribution is -2.50. The number of amides is 2. The summed E-state index contributed by atoms with van der Waals surface area (Å²) in [5.74, 6) is -0.736. The standard InChI is InChI=1S/C53H78N12O6/c1-3-70-52(68)44-64-37-35-62(32-21-50(66)58-26-33-60(28-17-46-13-5-9-22-54-46)29-18-47-14-6-10-23-55-47)36-38-65(45-53(69)71-4-2)42-40-63(39-41-64)43-51(67)59-27-34-61(30-19-48-15-7-11-24-56-48)31-20-49-16-8-12-25-57-49/h5-16,22-25H,3-4,17-21,26-45H2,1-2H3,(H,58,66)(H,59,67). The summed E-state index contributed by atoms with van der Waals surface area (Å²) < 4.78 is 10.7. The molecule has 71 heavy (non-hydrogen) atoms. The van der Waals surface area contributed by atoms with Gasteiger partial charge < -0.3 is 34.8 Å². The molecule has 18 nitrogen and oxygen atoms in total. The minimum atomic E-state index is -0.305. The summed E-state index contributed by atoms with van der Waals surface area (Å²) in [5.41, 5.74) is 4.11. The second-order valence-electron chi connectivity index (χ2n) is 17.7. The molecule has 0 aromatic carbocycles. The molecular weight excluding hydrogens is 901 g/mol. The fourth-order valence-electron chi connectivity index (χ4n) is 8.31. The summed E-state index contributed by atoms with van der Waals surface area (Å²) in [5, 5.41) is 6.31. The first-order valence-corrected chi connectivity index (χ1v) is 25.5. The van der Waals surface area contributed by atoms with Gasteiger partial charge in [-0.05, 0) is 62.4 Å². The molecule has 0 saturated carbocycles. The highest BCUT2D eigenvalue weighted by molar-refractivity contribution is 5.78. The van der Waals surface area contributed by atoms with E-state index in [0.717, 1.165) is 74.6 Å². The van der Waals surface area contributed by atoms with Gasteiger partial charge in [0, 0.05) is 191 Å². The summed E-state index contributed by atoms with van der Waals surface area (Å²) in [7, 11) is 0. The topological polar surface area (TPSA) is 182 Å². The summed E-state index contributed by atoms with van der Waals surface area (Å²) >= 11 is 0. The van der Waals surface area contributed by atoms with Gasteiger partial charge in [-0.3, -0.25) is 53.8 Å². The van der Waals surface area contributed by atoms with Crippen molar-refractivity contribution < 1.29 is 28.7 Å². The first-order chi connectivity index (χ1) is 34.7. The van der Waals surface area contributed by atoms with Gasteiger partial charge in [-0.1, -0.05) is 24.3 Å². The maximum absolute atomic E-state index is 13.6. The molecular formula is C53H78N12O6. The maximum Gasteiger partial charge on any atom is 0.320 e. The Labute approximate surface area is 421 Å².